The molecule has 0 aliphatic heterocycles. The molecule has 0 spiro atoms. The highest BCUT2D eigenvalue weighted by Gasteiger charge is 2.73. The number of hydrogen-bond acceptors (Lipinski definition) is 4. The van der Waals surface area contributed by atoms with Crippen LogP contribution >= 0.6 is 0 Å². The first-order chi connectivity index (χ1) is 9.80. The summed E-state index contributed by atoms with van der Waals surface area (Å²) in [5.41, 5.74) is 0. The summed E-state index contributed by atoms with van der Waals surface area (Å²) in [4.78, 5) is 20.0. The normalized spacial score (nSPS) is 18.9. The molecular weight excluding hydrogens is 370 g/mol. The van der Waals surface area contributed by atoms with Crippen LogP contribution in [0.2, 0.25) is 0 Å². The molecule has 0 aromatic heterocycles. The Morgan fingerprint density at radius 1 is 0.609 bits per heavy atom. The molecule has 2 atom stereocenters. The number of ether oxygens (including phenoxy) is 2. The van der Waals surface area contributed by atoms with Gasteiger partial charge in [0.2, 0.25) is 0 Å². The van der Waals surface area contributed by atoms with Crippen molar-refractivity contribution in [3.63, 3.8) is 0 Å². The molecule has 2 N–H and O–H groups in total. The Bertz CT molecular complexity index is 443. The lowest BCUT2D eigenvalue weighted by Crippen LogP contribution is -2.59. The van der Waals surface area contributed by atoms with Crippen LogP contribution in [0.15, 0.2) is 0 Å². The van der Waals surface area contributed by atoms with Crippen molar-refractivity contribution in [2.24, 2.45) is 0 Å². The largest absolute Gasteiger partial charge is 0.492 e. The molecule has 136 valence electrons. The van der Waals surface area contributed by atoms with E-state index in [-0.39, 0.29) is 0 Å². The number of carboxylic acids is 2. The predicted octanol–water partition coefficient (Wildman–Crippen LogP) is 2.20. The van der Waals surface area contributed by atoms with Gasteiger partial charge in [0, 0.05) is 0 Å². The molecule has 23 heavy (non-hydrogen) atoms. The van der Waals surface area contributed by atoms with Crippen molar-refractivity contribution in [2.45, 2.75) is 30.4 Å². The van der Waals surface area contributed by atoms with Gasteiger partial charge < -0.3 is 10.2 Å². The van der Waals surface area contributed by atoms with E-state index in [9.17, 15) is 53.5 Å². The highest BCUT2D eigenvalue weighted by Crippen LogP contribution is 2.44. The first-order valence-electron chi connectivity index (χ1n) is 4.56. The van der Waals surface area contributed by atoms with Crippen molar-refractivity contribution in [2.75, 3.05) is 0 Å². The summed E-state index contributed by atoms with van der Waals surface area (Å²) in [5.74, 6) is -20.3. The second-order valence-corrected chi connectivity index (χ2v) is 3.46. The predicted molar refractivity (Wildman–Crippen MR) is 42.2 cm³/mol. The van der Waals surface area contributed by atoms with Gasteiger partial charge in [-0.1, -0.05) is 0 Å². The summed E-state index contributed by atoms with van der Waals surface area (Å²) in [6.45, 7) is 0. The van der Waals surface area contributed by atoms with Crippen molar-refractivity contribution < 1.29 is 73.2 Å². The van der Waals surface area contributed by atoms with Gasteiger partial charge in [0.15, 0.2) is 0 Å². The minimum Gasteiger partial charge on any atom is -0.477 e. The van der Waals surface area contributed by atoms with E-state index in [1.807, 2.05) is 9.47 Å². The maximum atomic E-state index is 12.9. The molecule has 0 bridgehead atoms. The highest BCUT2D eigenvalue weighted by molar-refractivity contribution is 5.77. The van der Waals surface area contributed by atoms with Crippen LogP contribution in [0.25, 0.3) is 0 Å². The highest BCUT2D eigenvalue weighted by atomic mass is 19.4. The zero-order chi connectivity index (χ0) is 19.1. The molecule has 0 radical (unpaired) electrons. The second kappa shape index (κ2) is 5.66. The molecule has 0 fully saturated rings. The Labute approximate surface area is 117 Å². The molecular formula is C7H2F10O6. The van der Waals surface area contributed by atoms with Crippen molar-refractivity contribution >= 4 is 11.9 Å². The van der Waals surface area contributed by atoms with E-state index >= 15 is 0 Å². The maximum Gasteiger partial charge on any atom is 0.492 e. The number of aliphatic carboxylic acids is 2. The fourth-order valence-electron chi connectivity index (χ4n) is 0.794. The third-order valence-corrected chi connectivity index (χ3v) is 1.80. The van der Waals surface area contributed by atoms with Gasteiger partial charge in [0.1, 0.15) is 0 Å². The van der Waals surface area contributed by atoms with Crippen LogP contribution in [0.4, 0.5) is 43.9 Å². The number of carboxylic acid groups (broad SMARTS) is 2. The second-order valence-electron chi connectivity index (χ2n) is 3.46. The Morgan fingerprint density at radius 3 is 0.957 bits per heavy atom. The fraction of sp³-hybridized carbons (Fsp3) is 0.714. The Morgan fingerprint density at radius 2 is 0.826 bits per heavy atom. The zero-order valence-corrected chi connectivity index (χ0v) is 9.81. The van der Waals surface area contributed by atoms with E-state index < -0.39 is 42.3 Å². The quantitative estimate of drug-likeness (QED) is 0.549. The van der Waals surface area contributed by atoms with Gasteiger partial charge in [-0.2, -0.15) is 35.1 Å². The van der Waals surface area contributed by atoms with E-state index in [1.165, 1.54) is 0 Å². The smallest absolute Gasteiger partial charge is 0.477 e. The summed E-state index contributed by atoms with van der Waals surface area (Å²) in [7, 11) is 0. The van der Waals surface area contributed by atoms with Gasteiger partial charge in [0.05, 0.1) is 0 Å². The molecule has 0 rings (SSSR count). The Balaban J connectivity index is 5.75. The van der Waals surface area contributed by atoms with Crippen LogP contribution in [-0.2, 0) is 19.1 Å². The van der Waals surface area contributed by atoms with Crippen LogP contribution in [0.1, 0.15) is 0 Å². The lowest BCUT2D eigenvalue weighted by molar-refractivity contribution is -0.513. The first kappa shape index (κ1) is 21.2. The van der Waals surface area contributed by atoms with Gasteiger partial charge in [0.25, 0.3) is 0 Å². The summed E-state index contributed by atoms with van der Waals surface area (Å²) >= 11 is 0. The van der Waals surface area contributed by atoms with Crippen molar-refractivity contribution in [3.8, 4) is 0 Å². The summed E-state index contributed by atoms with van der Waals surface area (Å²) in [6.07, 6.45) is -20.1. The first-order valence-corrected chi connectivity index (χ1v) is 4.56. The molecule has 0 aliphatic rings. The van der Waals surface area contributed by atoms with Crippen LogP contribution in [0.5, 0.6) is 0 Å². The molecule has 16 heteroatoms. The standard InChI is InChI=1S/C7H2F10O6/c8-3(1(18)19,5(10,11)12)22-7(16,17)23-4(9,2(20)21)6(13,14)15/h(H,18,19)(H,20,21). The summed E-state index contributed by atoms with van der Waals surface area (Å²) in [5, 5.41) is 15.7. The van der Waals surface area contributed by atoms with E-state index in [4.69, 9.17) is 10.2 Å². The molecule has 0 saturated carbocycles. The average Bonchev–Trinajstić information content (AvgIpc) is 2.23. The summed E-state index contributed by atoms with van der Waals surface area (Å²) in [6, 6.07) is 0. The molecule has 0 aliphatic carbocycles. The molecule has 0 aromatic rings. The van der Waals surface area contributed by atoms with Gasteiger partial charge in [-0.15, -0.1) is 8.78 Å². The minimum atomic E-state index is -6.77. The Kier molecular flexibility index (Phi) is 5.21. The third-order valence-electron chi connectivity index (χ3n) is 1.80. The number of alkyl halides is 10. The van der Waals surface area contributed by atoms with Crippen LogP contribution < -0.4 is 0 Å². The average molecular weight is 372 g/mol. The van der Waals surface area contributed by atoms with E-state index in [1.54, 1.807) is 0 Å². The van der Waals surface area contributed by atoms with E-state index in [0.29, 0.717) is 0 Å². The van der Waals surface area contributed by atoms with E-state index in [0.717, 1.165) is 0 Å². The molecule has 0 heterocycles. The SMILES string of the molecule is O=C(O)C(F)(OC(F)(F)OC(F)(C(=O)O)C(F)(F)F)C(F)(F)F. The molecule has 0 amide bonds. The number of hydrogen-bond donors (Lipinski definition) is 2. The van der Waals surface area contributed by atoms with Crippen LogP contribution in [0, 0.1) is 0 Å². The van der Waals surface area contributed by atoms with Crippen molar-refractivity contribution in [3.05, 3.63) is 0 Å². The third kappa shape index (κ3) is 4.12. The number of carbonyl (C=O) groups is 2. The zero-order valence-electron chi connectivity index (χ0n) is 9.81. The molecule has 0 saturated heterocycles. The number of halogens is 10. The Hall–Kier alpha value is -1.84. The van der Waals surface area contributed by atoms with Gasteiger partial charge in [-0.3, -0.25) is 0 Å². The van der Waals surface area contributed by atoms with Crippen LogP contribution in [0.3, 0.4) is 0 Å². The number of rotatable bonds is 6. The molecule has 0 aromatic carbocycles. The molecule has 2 unspecified atom stereocenters. The van der Waals surface area contributed by atoms with Gasteiger partial charge in [-0.05, 0) is 0 Å². The van der Waals surface area contributed by atoms with Crippen LogP contribution in [-0.4, -0.2) is 52.5 Å². The van der Waals surface area contributed by atoms with Crippen molar-refractivity contribution in [1.29, 1.82) is 0 Å². The maximum absolute atomic E-state index is 12.9. The topological polar surface area (TPSA) is 93.1 Å². The lowest BCUT2D eigenvalue weighted by atomic mass is 10.3. The monoisotopic (exact) mass is 372 g/mol. The summed E-state index contributed by atoms with van der Waals surface area (Å²) < 4.78 is 127. The van der Waals surface area contributed by atoms with E-state index in [2.05, 4.69) is 0 Å². The van der Waals surface area contributed by atoms with Gasteiger partial charge in [-0.25, -0.2) is 19.1 Å². The minimum absolute atomic E-state index is 1.94. The molecule has 6 nitrogen and oxygen atoms in total. The van der Waals surface area contributed by atoms with Crippen molar-refractivity contribution in [1.82, 2.24) is 0 Å². The van der Waals surface area contributed by atoms with Gasteiger partial charge >= 0.3 is 42.3 Å². The lowest BCUT2D eigenvalue weighted by Gasteiger charge is -2.31. The fourth-order valence-corrected chi connectivity index (χ4v) is 0.794.